The number of carbonyl (C=O) groups excluding carboxylic acids is 1. The van der Waals surface area contributed by atoms with Gasteiger partial charge in [-0.15, -0.1) is 0 Å². The molecule has 7 heteroatoms. The Morgan fingerprint density at radius 1 is 0.970 bits per heavy atom. The van der Waals surface area contributed by atoms with E-state index in [1.54, 1.807) is 18.6 Å². The van der Waals surface area contributed by atoms with Gasteiger partial charge in [-0.1, -0.05) is 36.4 Å². The Balaban J connectivity index is 1.69. The molecule has 0 saturated heterocycles. The Kier molecular flexibility index (Phi) is 6.99. The Morgan fingerprint density at radius 2 is 1.79 bits per heavy atom. The van der Waals surface area contributed by atoms with Gasteiger partial charge in [0.05, 0.1) is 18.2 Å². The van der Waals surface area contributed by atoms with Crippen LogP contribution in [0.3, 0.4) is 0 Å². The molecule has 0 aliphatic rings. The number of carbonyl (C=O) groups is 1. The van der Waals surface area contributed by atoms with Gasteiger partial charge in [0, 0.05) is 50.0 Å². The number of anilines is 1. The van der Waals surface area contributed by atoms with E-state index in [4.69, 9.17) is 9.97 Å². The van der Waals surface area contributed by atoms with Crippen molar-refractivity contribution in [3.05, 3.63) is 102 Å². The van der Waals surface area contributed by atoms with E-state index in [1.165, 1.54) is 0 Å². The number of hydrogen-bond acceptors (Lipinski definition) is 6. The smallest absolute Gasteiger partial charge is 0.226 e. The standard InChI is InChI=1S/C26H26N6O/c1-32(2)24-17-23(30-26(31-24)20-11-8-13-27-18-20)22(15-19-9-4-3-5-10-19)29-25(33)16-21-12-6-7-14-28-21/h3-14,17-18,22H,15-16H2,1-2H3,(H,29,33)/t22-/m1/s1. The largest absolute Gasteiger partial charge is 0.363 e. The molecule has 1 N–H and O–H groups in total. The molecule has 0 fully saturated rings. The summed E-state index contributed by atoms with van der Waals surface area (Å²) in [4.78, 5) is 32.9. The number of nitrogens with one attached hydrogen (secondary N) is 1. The van der Waals surface area contributed by atoms with E-state index in [1.807, 2.05) is 85.7 Å². The zero-order valence-corrected chi connectivity index (χ0v) is 18.7. The number of nitrogens with zero attached hydrogens (tertiary/aromatic N) is 5. The van der Waals surface area contributed by atoms with Gasteiger partial charge in [-0.3, -0.25) is 14.8 Å². The van der Waals surface area contributed by atoms with Crippen molar-refractivity contribution in [1.29, 1.82) is 0 Å². The Bertz CT molecular complexity index is 1180. The Hall–Kier alpha value is -4.13. The monoisotopic (exact) mass is 438 g/mol. The molecule has 0 unspecified atom stereocenters. The molecule has 166 valence electrons. The quantitative estimate of drug-likeness (QED) is 0.452. The fourth-order valence-corrected chi connectivity index (χ4v) is 3.48. The fraction of sp³-hybridized carbons (Fsp3) is 0.192. The van der Waals surface area contributed by atoms with Gasteiger partial charge in [0.25, 0.3) is 0 Å². The molecule has 0 radical (unpaired) electrons. The van der Waals surface area contributed by atoms with Crippen LogP contribution in [0, 0.1) is 0 Å². The van der Waals surface area contributed by atoms with E-state index in [-0.39, 0.29) is 18.4 Å². The summed E-state index contributed by atoms with van der Waals surface area (Å²) in [6, 6.07) is 21.0. The van der Waals surface area contributed by atoms with E-state index >= 15 is 0 Å². The first kappa shape index (κ1) is 22.1. The van der Waals surface area contributed by atoms with Crippen molar-refractivity contribution in [2.75, 3.05) is 19.0 Å². The summed E-state index contributed by atoms with van der Waals surface area (Å²) >= 11 is 0. The van der Waals surface area contributed by atoms with Crippen LogP contribution in [0.25, 0.3) is 11.4 Å². The topological polar surface area (TPSA) is 83.9 Å². The minimum atomic E-state index is -0.333. The third-order valence-corrected chi connectivity index (χ3v) is 5.15. The molecule has 0 spiro atoms. The average Bonchev–Trinajstić information content (AvgIpc) is 2.85. The molecule has 33 heavy (non-hydrogen) atoms. The number of aromatic nitrogens is 4. The maximum atomic E-state index is 12.9. The molecule has 1 amide bonds. The number of hydrogen-bond donors (Lipinski definition) is 1. The van der Waals surface area contributed by atoms with Gasteiger partial charge in [0.1, 0.15) is 5.82 Å². The highest BCUT2D eigenvalue weighted by atomic mass is 16.1. The van der Waals surface area contributed by atoms with Crippen LogP contribution in [0.15, 0.2) is 85.3 Å². The van der Waals surface area contributed by atoms with Crippen molar-refractivity contribution in [1.82, 2.24) is 25.3 Å². The second-order valence-corrected chi connectivity index (χ2v) is 7.92. The molecule has 0 aliphatic heterocycles. The van der Waals surface area contributed by atoms with E-state index < -0.39 is 0 Å². The summed E-state index contributed by atoms with van der Waals surface area (Å²) in [6.07, 6.45) is 5.96. The summed E-state index contributed by atoms with van der Waals surface area (Å²) in [5, 5.41) is 3.17. The zero-order valence-electron chi connectivity index (χ0n) is 18.7. The van der Waals surface area contributed by atoms with E-state index in [0.717, 1.165) is 28.3 Å². The lowest BCUT2D eigenvalue weighted by Crippen LogP contribution is -2.32. The second kappa shape index (κ2) is 10.5. The lowest BCUT2D eigenvalue weighted by Gasteiger charge is -2.21. The van der Waals surface area contributed by atoms with Gasteiger partial charge < -0.3 is 10.2 Å². The van der Waals surface area contributed by atoms with E-state index in [9.17, 15) is 4.79 Å². The Morgan fingerprint density at radius 3 is 2.48 bits per heavy atom. The van der Waals surface area contributed by atoms with Gasteiger partial charge in [0.15, 0.2) is 5.82 Å². The van der Waals surface area contributed by atoms with Crippen molar-refractivity contribution in [3.8, 4) is 11.4 Å². The molecule has 3 aromatic heterocycles. The maximum absolute atomic E-state index is 12.9. The molecule has 0 aliphatic carbocycles. The summed E-state index contributed by atoms with van der Waals surface area (Å²) in [7, 11) is 3.87. The van der Waals surface area contributed by atoms with Gasteiger partial charge >= 0.3 is 0 Å². The predicted octanol–water partition coefficient (Wildman–Crippen LogP) is 3.64. The lowest BCUT2D eigenvalue weighted by molar-refractivity contribution is -0.121. The van der Waals surface area contributed by atoms with E-state index in [2.05, 4.69) is 15.3 Å². The van der Waals surface area contributed by atoms with Gasteiger partial charge in [-0.05, 0) is 36.2 Å². The number of benzene rings is 1. The van der Waals surface area contributed by atoms with Crippen LogP contribution in [0.1, 0.15) is 23.0 Å². The number of rotatable bonds is 8. The number of pyridine rings is 2. The predicted molar refractivity (Wildman–Crippen MR) is 129 cm³/mol. The fourth-order valence-electron chi connectivity index (χ4n) is 3.48. The highest BCUT2D eigenvalue weighted by molar-refractivity contribution is 5.78. The summed E-state index contributed by atoms with van der Waals surface area (Å²) in [5.41, 5.74) is 3.39. The van der Waals surface area contributed by atoms with Crippen molar-refractivity contribution in [2.45, 2.75) is 18.9 Å². The third-order valence-electron chi connectivity index (χ3n) is 5.15. The lowest BCUT2D eigenvalue weighted by atomic mass is 10.0. The minimum Gasteiger partial charge on any atom is -0.363 e. The van der Waals surface area contributed by atoms with Gasteiger partial charge in [-0.25, -0.2) is 9.97 Å². The zero-order chi connectivity index (χ0) is 23.0. The normalized spacial score (nSPS) is 11.6. The molecule has 4 rings (SSSR count). The van der Waals surface area contributed by atoms with Crippen LogP contribution in [0.2, 0.25) is 0 Å². The molecular weight excluding hydrogens is 412 g/mol. The molecule has 1 aromatic carbocycles. The van der Waals surface area contributed by atoms with Crippen molar-refractivity contribution >= 4 is 11.7 Å². The highest BCUT2D eigenvalue weighted by Gasteiger charge is 2.20. The van der Waals surface area contributed by atoms with Crippen LogP contribution in [0.4, 0.5) is 5.82 Å². The Labute approximate surface area is 193 Å². The summed E-state index contributed by atoms with van der Waals surface area (Å²) in [6.45, 7) is 0. The molecule has 3 heterocycles. The third kappa shape index (κ3) is 5.98. The van der Waals surface area contributed by atoms with Gasteiger partial charge in [0.2, 0.25) is 5.91 Å². The molecule has 0 bridgehead atoms. The van der Waals surface area contributed by atoms with Crippen LogP contribution in [-0.4, -0.2) is 39.9 Å². The summed E-state index contributed by atoms with van der Waals surface area (Å²) in [5.74, 6) is 1.22. The average molecular weight is 439 g/mol. The van der Waals surface area contributed by atoms with Crippen LogP contribution in [-0.2, 0) is 17.6 Å². The minimum absolute atomic E-state index is 0.109. The van der Waals surface area contributed by atoms with Crippen molar-refractivity contribution < 1.29 is 4.79 Å². The van der Waals surface area contributed by atoms with Crippen molar-refractivity contribution in [3.63, 3.8) is 0 Å². The molecule has 4 aromatic rings. The summed E-state index contributed by atoms with van der Waals surface area (Å²) < 4.78 is 0. The number of amides is 1. The first-order valence-corrected chi connectivity index (χ1v) is 10.8. The van der Waals surface area contributed by atoms with E-state index in [0.29, 0.717) is 12.2 Å². The highest BCUT2D eigenvalue weighted by Crippen LogP contribution is 2.24. The first-order valence-electron chi connectivity index (χ1n) is 10.8. The van der Waals surface area contributed by atoms with Gasteiger partial charge in [-0.2, -0.15) is 0 Å². The van der Waals surface area contributed by atoms with Crippen LogP contribution >= 0.6 is 0 Å². The van der Waals surface area contributed by atoms with Crippen molar-refractivity contribution in [2.24, 2.45) is 0 Å². The van der Waals surface area contributed by atoms with Crippen LogP contribution in [0.5, 0.6) is 0 Å². The molecule has 1 atom stereocenters. The maximum Gasteiger partial charge on any atom is 0.226 e. The first-order chi connectivity index (χ1) is 16.1. The van der Waals surface area contributed by atoms with Crippen LogP contribution < -0.4 is 10.2 Å². The SMILES string of the molecule is CN(C)c1cc([C@@H](Cc2ccccc2)NC(=O)Cc2ccccn2)nc(-c2cccnc2)n1. The molecule has 7 nitrogen and oxygen atoms in total. The second-order valence-electron chi connectivity index (χ2n) is 7.92. The molecule has 0 saturated carbocycles. The molecular formula is C26H26N6O.